The van der Waals surface area contributed by atoms with E-state index in [4.69, 9.17) is 21.5 Å². The van der Waals surface area contributed by atoms with Gasteiger partial charge in [0.05, 0.1) is 15.6 Å². The molecule has 3 aromatic rings. The predicted octanol–water partition coefficient (Wildman–Crippen LogP) is 4.34. The standard InChI is InChI=1S/C20H22ClN5O2S2.C2HF3O2/c1-25(16-9-10-26(13-16)12-15-5-3-2-4-6-15)19-8-7-17(11-18(19)21)30(27,28)24-20-22-14-23-29-20;3-2(4,5)1(6)7/h2-8,11,14,16H,9-10,12-13H2,1H3,(H,22,23,24);(H,6,7)/t16-;/m1./s1. The summed E-state index contributed by atoms with van der Waals surface area (Å²) in [7, 11) is -1.76. The third kappa shape index (κ3) is 8.02. The molecule has 0 aliphatic carbocycles. The summed E-state index contributed by atoms with van der Waals surface area (Å²) in [5, 5.41) is 7.75. The van der Waals surface area contributed by atoms with Gasteiger partial charge < -0.3 is 10.0 Å². The number of halogens is 4. The van der Waals surface area contributed by atoms with Crippen LogP contribution in [-0.2, 0) is 21.4 Å². The monoisotopic (exact) mass is 577 g/mol. The minimum absolute atomic E-state index is 0.0944. The summed E-state index contributed by atoms with van der Waals surface area (Å²) in [5.74, 6) is -2.76. The van der Waals surface area contributed by atoms with Gasteiger partial charge >= 0.3 is 12.1 Å². The van der Waals surface area contributed by atoms with E-state index in [1.165, 1.54) is 18.0 Å². The lowest BCUT2D eigenvalue weighted by atomic mass is 10.2. The molecule has 1 saturated heterocycles. The lowest BCUT2D eigenvalue weighted by Crippen LogP contribution is -2.34. The van der Waals surface area contributed by atoms with Crippen molar-refractivity contribution >= 4 is 49.9 Å². The van der Waals surface area contributed by atoms with Gasteiger partial charge in [-0.1, -0.05) is 41.9 Å². The Morgan fingerprint density at radius 2 is 1.95 bits per heavy atom. The highest BCUT2D eigenvalue weighted by molar-refractivity contribution is 7.93. The van der Waals surface area contributed by atoms with Gasteiger partial charge in [-0.15, -0.1) is 0 Å². The maximum atomic E-state index is 12.6. The Kier molecular flexibility index (Phi) is 9.34. The van der Waals surface area contributed by atoms with E-state index >= 15 is 0 Å². The number of nitrogens with one attached hydrogen (secondary N) is 1. The third-order valence-electron chi connectivity index (χ3n) is 5.48. The van der Waals surface area contributed by atoms with Gasteiger partial charge in [-0.2, -0.15) is 17.5 Å². The molecule has 2 heterocycles. The molecule has 4 rings (SSSR count). The summed E-state index contributed by atoms with van der Waals surface area (Å²) < 4.78 is 63.1. The van der Waals surface area contributed by atoms with Crippen molar-refractivity contribution in [2.45, 2.75) is 30.1 Å². The quantitative estimate of drug-likeness (QED) is 0.426. The molecule has 15 heteroatoms. The number of alkyl halides is 3. The highest BCUT2D eigenvalue weighted by Gasteiger charge is 2.38. The normalized spacial score (nSPS) is 16.1. The minimum Gasteiger partial charge on any atom is -0.475 e. The Labute approximate surface area is 220 Å². The minimum atomic E-state index is -5.08. The number of carboxylic acid groups (broad SMARTS) is 1. The van der Waals surface area contributed by atoms with Crippen molar-refractivity contribution in [1.82, 2.24) is 14.3 Å². The van der Waals surface area contributed by atoms with E-state index in [0.717, 1.165) is 43.3 Å². The number of aromatic nitrogens is 2. The highest BCUT2D eigenvalue weighted by atomic mass is 35.5. The number of hydrogen-bond acceptors (Lipinski definition) is 8. The Balaban J connectivity index is 0.000000479. The average molecular weight is 578 g/mol. The number of carboxylic acids is 1. The predicted molar refractivity (Wildman–Crippen MR) is 134 cm³/mol. The molecule has 1 aliphatic heterocycles. The number of likely N-dealkylation sites (N-methyl/N-ethyl adjacent to an activating group) is 1. The van der Waals surface area contributed by atoms with E-state index in [9.17, 15) is 21.6 Å². The van der Waals surface area contributed by atoms with Gasteiger partial charge in [-0.05, 0) is 30.2 Å². The Bertz CT molecular complexity index is 1300. The summed E-state index contributed by atoms with van der Waals surface area (Å²) in [6.07, 6.45) is -2.76. The van der Waals surface area contributed by atoms with Crippen LogP contribution >= 0.6 is 23.1 Å². The van der Waals surface area contributed by atoms with Crippen LogP contribution in [0.2, 0.25) is 5.02 Å². The van der Waals surface area contributed by atoms with E-state index < -0.39 is 22.2 Å². The molecule has 0 radical (unpaired) electrons. The number of rotatable bonds is 7. The van der Waals surface area contributed by atoms with Crippen LogP contribution in [0.5, 0.6) is 0 Å². The molecule has 0 bridgehead atoms. The number of sulfonamides is 1. The van der Waals surface area contributed by atoms with Crippen LogP contribution in [0, 0.1) is 0 Å². The summed E-state index contributed by atoms with van der Waals surface area (Å²) in [6.45, 7) is 2.87. The maximum absolute atomic E-state index is 12.6. The zero-order valence-electron chi connectivity index (χ0n) is 19.4. The van der Waals surface area contributed by atoms with Crippen LogP contribution in [0.15, 0.2) is 59.8 Å². The fraction of sp³-hybridized carbons (Fsp3) is 0.318. The van der Waals surface area contributed by atoms with E-state index in [1.54, 1.807) is 12.1 Å². The molecule has 9 nitrogen and oxygen atoms in total. The molecular formula is C22H23ClF3N5O4S2. The van der Waals surface area contributed by atoms with Crippen molar-refractivity contribution in [1.29, 1.82) is 0 Å². The number of carbonyl (C=O) groups is 1. The number of likely N-dealkylation sites (tertiary alicyclic amines) is 1. The van der Waals surface area contributed by atoms with Crippen molar-refractivity contribution in [3.8, 4) is 0 Å². The Morgan fingerprint density at radius 3 is 2.51 bits per heavy atom. The molecule has 2 aromatic carbocycles. The number of aliphatic carboxylic acids is 1. The lowest BCUT2D eigenvalue weighted by Gasteiger charge is -2.28. The number of benzene rings is 2. The average Bonchev–Trinajstić information content (AvgIpc) is 3.51. The Morgan fingerprint density at radius 1 is 1.27 bits per heavy atom. The molecule has 1 aromatic heterocycles. The molecule has 0 amide bonds. The highest BCUT2D eigenvalue weighted by Crippen LogP contribution is 2.32. The molecule has 200 valence electrons. The molecule has 37 heavy (non-hydrogen) atoms. The first kappa shape index (κ1) is 28.6. The van der Waals surface area contributed by atoms with E-state index in [0.29, 0.717) is 11.1 Å². The molecule has 1 atom stereocenters. The molecule has 1 aliphatic rings. The van der Waals surface area contributed by atoms with Crippen molar-refractivity contribution in [3.63, 3.8) is 0 Å². The molecular weight excluding hydrogens is 555 g/mol. The van der Waals surface area contributed by atoms with Crippen LogP contribution in [0.1, 0.15) is 12.0 Å². The summed E-state index contributed by atoms with van der Waals surface area (Å²) in [6, 6.07) is 15.6. The number of nitrogens with zero attached hydrogens (tertiary/aromatic N) is 4. The second-order valence-corrected chi connectivity index (χ2v) is 10.9. The fourth-order valence-corrected chi connectivity index (χ4v) is 5.71. The van der Waals surface area contributed by atoms with Crippen LogP contribution in [-0.4, -0.2) is 66.1 Å². The summed E-state index contributed by atoms with van der Waals surface area (Å²) >= 11 is 7.46. The summed E-state index contributed by atoms with van der Waals surface area (Å²) in [5.41, 5.74) is 2.12. The first-order valence-corrected chi connectivity index (χ1v) is 13.4. The van der Waals surface area contributed by atoms with Crippen LogP contribution in [0.25, 0.3) is 0 Å². The summed E-state index contributed by atoms with van der Waals surface area (Å²) in [4.78, 5) is 17.4. The fourth-order valence-electron chi connectivity index (χ4n) is 3.64. The van der Waals surface area contributed by atoms with E-state index in [-0.39, 0.29) is 10.0 Å². The van der Waals surface area contributed by atoms with Gasteiger partial charge in [-0.25, -0.2) is 18.2 Å². The number of hydrogen-bond donors (Lipinski definition) is 2. The lowest BCUT2D eigenvalue weighted by molar-refractivity contribution is -0.192. The smallest absolute Gasteiger partial charge is 0.475 e. The van der Waals surface area contributed by atoms with Gasteiger partial charge in [0, 0.05) is 44.3 Å². The zero-order valence-corrected chi connectivity index (χ0v) is 21.8. The Hall–Kier alpha value is -2.94. The largest absolute Gasteiger partial charge is 0.490 e. The van der Waals surface area contributed by atoms with Crippen molar-refractivity contribution in [2.75, 3.05) is 29.8 Å². The van der Waals surface area contributed by atoms with Gasteiger partial charge in [0.2, 0.25) is 5.13 Å². The molecule has 2 N–H and O–H groups in total. The SMILES string of the molecule is CN(c1ccc(S(=O)(=O)Nc2ncns2)cc1Cl)[C@@H]1CCN(Cc2ccccc2)C1.O=C(O)C(F)(F)F. The molecule has 0 unspecified atom stereocenters. The van der Waals surface area contributed by atoms with Crippen molar-refractivity contribution in [2.24, 2.45) is 0 Å². The molecule has 0 saturated carbocycles. The third-order valence-corrected chi connectivity index (χ3v) is 7.83. The van der Waals surface area contributed by atoms with Crippen LogP contribution < -0.4 is 9.62 Å². The van der Waals surface area contributed by atoms with Crippen molar-refractivity contribution in [3.05, 3.63) is 65.4 Å². The van der Waals surface area contributed by atoms with E-state index in [1.807, 2.05) is 13.1 Å². The first-order valence-electron chi connectivity index (χ1n) is 10.7. The van der Waals surface area contributed by atoms with Gasteiger partial charge in [0.25, 0.3) is 10.0 Å². The van der Waals surface area contributed by atoms with Crippen molar-refractivity contribution < 1.29 is 31.5 Å². The van der Waals surface area contributed by atoms with Crippen LogP contribution in [0.3, 0.4) is 0 Å². The topological polar surface area (TPSA) is 116 Å². The zero-order chi connectivity index (χ0) is 27.2. The number of anilines is 2. The molecule has 1 fully saturated rings. The second kappa shape index (κ2) is 12.1. The maximum Gasteiger partial charge on any atom is 0.490 e. The second-order valence-electron chi connectivity index (χ2n) is 8.04. The van der Waals surface area contributed by atoms with E-state index in [2.05, 4.69) is 48.1 Å². The van der Waals surface area contributed by atoms with Crippen LogP contribution in [0.4, 0.5) is 24.0 Å². The van der Waals surface area contributed by atoms with Gasteiger partial charge in [0.1, 0.15) is 6.33 Å². The first-order chi connectivity index (χ1) is 17.4. The van der Waals surface area contributed by atoms with Gasteiger partial charge in [0.15, 0.2) is 0 Å². The van der Waals surface area contributed by atoms with Gasteiger partial charge in [-0.3, -0.25) is 9.62 Å². The molecule has 0 spiro atoms.